The molecule has 0 spiro atoms. The first-order chi connectivity index (χ1) is 12.8. The summed E-state index contributed by atoms with van der Waals surface area (Å²) >= 11 is -11.2. The number of alkyl halides is 3. The van der Waals surface area contributed by atoms with E-state index in [1.165, 1.54) is 24.3 Å². The van der Waals surface area contributed by atoms with Gasteiger partial charge in [-0.25, -0.2) is 0 Å². The van der Waals surface area contributed by atoms with Crippen LogP contribution in [0.4, 0.5) is 41.4 Å². The van der Waals surface area contributed by atoms with Gasteiger partial charge in [-0.2, -0.15) is 0 Å². The third-order valence-electron chi connectivity index (χ3n) is 3.01. The molecule has 0 N–H and O–H groups in total. The molecular formula is C15H13F9N3OSb. The minimum absolute atomic E-state index is 0.156. The zero-order valence-corrected chi connectivity index (χ0v) is 17.2. The molecule has 0 amide bonds. The number of hydrogen-bond donors (Lipinski definition) is 0. The molecule has 29 heavy (non-hydrogen) atoms. The Labute approximate surface area is 161 Å². The van der Waals surface area contributed by atoms with Gasteiger partial charge in [-0.3, -0.25) is 0 Å². The van der Waals surface area contributed by atoms with E-state index in [1.807, 2.05) is 0 Å². The van der Waals surface area contributed by atoms with Crippen molar-refractivity contribution < 1.29 is 34.8 Å². The molecule has 0 aromatic heterocycles. The summed E-state index contributed by atoms with van der Waals surface area (Å²) in [7, 11) is 3.60. The van der Waals surface area contributed by atoms with Crippen LogP contribution in [0.1, 0.15) is 0 Å². The Bertz CT molecular complexity index is 908. The van der Waals surface area contributed by atoms with Crippen LogP contribution < -0.4 is 9.64 Å². The first-order valence-corrected chi connectivity index (χ1v) is 13.1. The number of nitrogens with zero attached hydrogens (tertiary/aromatic N) is 3. The molecule has 2 aromatic rings. The SMILES string of the molecule is CN(C)c1ccc([N+]#N)c(-c2ccccc2OC(F)(F)F)c1.[F][Sb-]([F])([F])([F])([F])[F]. The minimum atomic E-state index is -11.2. The molecule has 0 radical (unpaired) electrons. The van der Waals surface area contributed by atoms with Crippen LogP contribution in [0, 0.1) is 5.39 Å². The average molecular weight is 544 g/mol. The molecule has 0 aliphatic rings. The number of rotatable bonds is 3. The predicted molar refractivity (Wildman–Crippen MR) is 90.0 cm³/mol. The van der Waals surface area contributed by atoms with Gasteiger partial charge in [0.1, 0.15) is 5.75 Å². The Kier molecular flexibility index (Phi) is 6.37. The van der Waals surface area contributed by atoms with E-state index in [1.54, 1.807) is 37.2 Å². The van der Waals surface area contributed by atoms with Gasteiger partial charge in [-0.1, -0.05) is 18.2 Å². The van der Waals surface area contributed by atoms with E-state index < -0.39 is 25.8 Å². The number of anilines is 1. The molecule has 0 saturated carbocycles. The summed E-state index contributed by atoms with van der Waals surface area (Å²) in [6.07, 6.45) is -4.80. The van der Waals surface area contributed by atoms with Crippen molar-refractivity contribution in [2.24, 2.45) is 0 Å². The van der Waals surface area contributed by atoms with Gasteiger partial charge in [0.15, 0.2) is 4.98 Å². The zero-order chi connectivity index (χ0) is 22.7. The molecule has 0 aliphatic carbocycles. The van der Waals surface area contributed by atoms with Crippen LogP contribution >= 0.6 is 0 Å². The third kappa shape index (κ3) is 10.7. The summed E-state index contributed by atoms with van der Waals surface area (Å²) in [5, 5.41) is 9.08. The molecule has 0 aliphatic heterocycles. The van der Waals surface area contributed by atoms with Gasteiger partial charge in [-0.15, -0.1) is 13.2 Å². The number of benzene rings is 2. The zero-order valence-electron chi connectivity index (χ0n) is 14.6. The summed E-state index contributed by atoms with van der Waals surface area (Å²) in [6.45, 7) is 0. The fourth-order valence-electron chi connectivity index (χ4n) is 2.01. The average Bonchev–Trinajstić information content (AvgIpc) is 2.50. The van der Waals surface area contributed by atoms with Crippen LogP contribution in [-0.4, -0.2) is 39.9 Å². The fraction of sp³-hybridized carbons (Fsp3) is 0.200. The van der Waals surface area contributed by atoms with E-state index in [2.05, 4.69) is 9.71 Å². The first-order valence-electron chi connectivity index (χ1n) is 7.35. The van der Waals surface area contributed by atoms with Crippen molar-refractivity contribution in [3.05, 3.63) is 47.4 Å². The van der Waals surface area contributed by atoms with Crippen molar-refractivity contribution in [2.45, 2.75) is 6.36 Å². The molecule has 162 valence electrons. The quantitative estimate of drug-likeness (QED) is 0.239. The molecule has 0 heterocycles. The van der Waals surface area contributed by atoms with Crippen LogP contribution in [0.25, 0.3) is 16.1 Å². The van der Waals surface area contributed by atoms with Crippen molar-refractivity contribution >= 4 is 30.8 Å². The van der Waals surface area contributed by atoms with Crippen molar-refractivity contribution in [3.63, 3.8) is 0 Å². The number of ether oxygens (including phenoxy) is 1. The van der Waals surface area contributed by atoms with Gasteiger partial charge in [0, 0.05) is 31.4 Å². The van der Waals surface area contributed by atoms with Gasteiger partial charge in [-0.05, 0) is 18.2 Å². The van der Waals surface area contributed by atoms with Crippen LogP contribution in [0.3, 0.4) is 0 Å². The summed E-state index contributed by atoms with van der Waals surface area (Å²) in [4.78, 5) is 4.92. The topological polar surface area (TPSA) is 40.6 Å². The summed E-state index contributed by atoms with van der Waals surface area (Å²) in [5.41, 5.74) is 1.44. The summed E-state index contributed by atoms with van der Waals surface area (Å²) < 4.78 is 101. The van der Waals surface area contributed by atoms with Crippen LogP contribution in [0.2, 0.25) is 0 Å². The van der Waals surface area contributed by atoms with Crippen LogP contribution in [0.15, 0.2) is 42.5 Å². The number of hydrogen-bond acceptors (Lipinski definition) is 3. The standard InChI is InChI=1S/C15H13F3N3O.6FH.Sb/c1-21(2)10-7-8-13(20-19)12(9-10)11-5-3-4-6-14(11)22-15(16,17)18;;;;;;;/h3-9H,1-2H3;6*1H;/q+1;;;;;;;+5/p-6. The van der Waals surface area contributed by atoms with Gasteiger partial charge < -0.3 is 9.64 Å². The molecule has 0 atom stereocenters. The Balaban J connectivity index is 0.000000516. The van der Waals surface area contributed by atoms with E-state index in [9.17, 15) is 30.0 Å². The van der Waals surface area contributed by atoms with Gasteiger partial charge in [0.2, 0.25) is 5.39 Å². The van der Waals surface area contributed by atoms with Crippen LogP contribution in [-0.2, 0) is 0 Å². The molecule has 2 aromatic carbocycles. The van der Waals surface area contributed by atoms with Crippen molar-refractivity contribution in [3.8, 4) is 16.9 Å². The van der Waals surface area contributed by atoms with Crippen molar-refractivity contribution in [1.29, 1.82) is 5.39 Å². The van der Waals surface area contributed by atoms with E-state index in [0.717, 1.165) is 5.69 Å². The maximum atomic E-state index is 12.5. The normalized spacial score (nSPS) is 13.9. The van der Waals surface area contributed by atoms with Crippen molar-refractivity contribution in [1.82, 2.24) is 0 Å². The van der Waals surface area contributed by atoms with Gasteiger partial charge in [0.05, 0.1) is 5.56 Å². The molecule has 0 saturated heterocycles. The number of diazo groups is 1. The Morgan fingerprint density at radius 1 is 0.897 bits per heavy atom. The second kappa shape index (κ2) is 7.48. The Morgan fingerprint density at radius 2 is 1.41 bits per heavy atom. The second-order valence-corrected chi connectivity index (χ2v) is 11.2. The van der Waals surface area contributed by atoms with E-state index >= 15 is 0 Å². The number of para-hydroxylation sites is 1. The third-order valence-corrected chi connectivity index (χ3v) is 3.01. The van der Waals surface area contributed by atoms with Gasteiger partial charge in [0.25, 0.3) is 0 Å². The van der Waals surface area contributed by atoms with E-state index in [0.29, 0.717) is 5.56 Å². The molecule has 2 rings (SSSR count). The summed E-state index contributed by atoms with van der Waals surface area (Å²) in [6, 6.07) is 10.6. The summed E-state index contributed by atoms with van der Waals surface area (Å²) in [5.74, 6) is -0.351. The van der Waals surface area contributed by atoms with Crippen LogP contribution in [0.5, 0.6) is 5.75 Å². The van der Waals surface area contributed by atoms with Crippen molar-refractivity contribution in [2.75, 3.05) is 19.0 Å². The van der Waals surface area contributed by atoms with E-state index in [4.69, 9.17) is 5.39 Å². The Morgan fingerprint density at radius 3 is 1.86 bits per heavy atom. The molecular weight excluding hydrogens is 531 g/mol. The number of halogens is 9. The van der Waals surface area contributed by atoms with E-state index in [-0.39, 0.29) is 17.0 Å². The van der Waals surface area contributed by atoms with Gasteiger partial charge >= 0.3 is 48.4 Å². The monoisotopic (exact) mass is 543 g/mol. The molecule has 0 fully saturated rings. The molecule has 14 heteroatoms. The predicted octanol–water partition coefficient (Wildman–Crippen LogP) is 6.94. The maximum absolute atomic E-state index is 12.5. The second-order valence-electron chi connectivity index (χ2n) is 5.70. The Hall–Kier alpha value is -2.35. The molecule has 4 nitrogen and oxygen atoms in total. The first kappa shape index (κ1) is 24.7. The fourth-order valence-corrected chi connectivity index (χ4v) is 2.01. The molecule has 0 bridgehead atoms. The molecule has 0 unspecified atom stereocenters.